The monoisotopic (exact) mass is 408 g/mol. The zero-order valence-corrected chi connectivity index (χ0v) is 16.7. The standard InChI is InChI=1S/C10H9.C9H11.2ClH.Zr/c1-8-6-9-4-2-3-5-10(9)7-8;1-2-5-9-7-3-6-8(9)4-1;;;/h2-7H,1H3;1-2,4,6,9H,3,5,7H2;2*1H;/q;;;;+2/p-2. The number of fused-ring (bicyclic) bond motifs is 2. The van der Waals surface area contributed by atoms with E-state index in [2.05, 4.69) is 55.5 Å². The number of halogens is 2. The molecule has 0 spiro atoms. The first-order valence-corrected chi connectivity index (χ1v) is 10.6. The number of allylic oxidation sites excluding steroid dienone is 5. The Morgan fingerprint density at radius 2 is 1.91 bits per heavy atom. The second-order valence-corrected chi connectivity index (χ2v) is 10.2. The van der Waals surface area contributed by atoms with Gasteiger partial charge in [0.2, 0.25) is 0 Å². The third kappa shape index (κ3) is 3.23. The zero-order chi connectivity index (χ0) is 13.5. The molecule has 0 bridgehead atoms. The Labute approximate surface area is 157 Å². The van der Waals surface area contributed by atoms with Gasteiger partial charge in [-0.1, -0.05) is 0 Å². The van der Waals surface area contributed by atoms with Gasteiger partial charge in [0.15, 0.2) is 0 Å². The summed E-state index contributed by atoms with van der Waals surface area (Å²) in [6.45, 7) is 2.35. The molecule has 3 atom stereocenters. The van der Waals surface area contributed by atoms with E-state index in [-0.39, 0.29) is 24.8 Å². The van der Waals surface area contributed by atoms with E-state index in [0.717, 1.165) is 13.2 Å². The predicted octanol–water partition coefficient (Wildman–Crippen LogP) is -0.680. The summed E-state index contributed by atoms with van der Waals surface area (Å²) in [7, 11) is 0. The summed E-state index contributed by atoms with van der Waals surface area (Å²) in [6, 6.07) is 9.06. The summed E-state index contributed by atoms with van der Waals surface area (Å²) in [5.74, 6) is 0.895. The average molecular weight is 410 g/mol. The smallest absolute Gasteiger partial charge is 1.00 e. The quantitative estimate of drug-likeness (QED) is 0.606. The molecular weight excluding hydrogens is 390 g/mol. The molecule has 0 heterocycles. The Bertz CT molecular complexity index is 630. The van der Waals surface area contributed by atoms with Crippen LogP contribution in [0.4, 0.5) is 0 Å². The molecule has 4 rings (SSSR count). The predicted molar refractivity (Wildman–Crippen MR) is 81.1 cm³/mol. The molecule has 114 valence electrons. The van der Waals surface area contributed by atoms with E-state index in [1.54, 1.807) is 11.1 Å². The molecule has 0 aliphatic heterocycles. The first kappa shape index (κ1) is 18.2. The molecule has 3 unspecified atom stereocenters. The minimum Gasteiger partial charge on any atom is -1.00 e. The molecule has 1 saturated carbocycles. The second kappa shape index (κ2) is 7.65. The largest absolute Gasteiger partial charge is 1.00 e. The van der Waals surface area contributed by atoms with Crippen molar-refractivity contribution in [2.75, 3.05) is 0 Å². The summed E-state index contributed by atoms with van der Waals surface area (Å²) in [5.41, 5.74) is 6.57. The van der Waals surface area contributed by atoms with E-state index in [9.17, 15) is 0 Å². The fourth-order valence-electron chi connectivity index (χ4n) is 3.99. The van der Waals surface area contributed by atoms with Crippen LogP contribution in [-0.2, 0) is 23.2 Å². The number of hydrogen-bond acceptors (Lipinski definition) is 0. The van der Waals surface area contributed by atoms with Crippen LogP contribution in [-0.4, -0.2) is 0 Å². The van der Waals surface area contributed by atoms with Gasteiger partial charge in [-0.05, 0) is 0 Å². The van der Waals surface area contributed by atoms with Crippen molar-refractivity contribution >= 4 is 6.08 Å². The maximum atomic E-state index is 2.45. The summed E-state index contributed by atoms with van der Waals surface area (Å²) in [5, 5.41) is 0. The zero-order valence-electron chi connectivity index (χ0n) is 12.7. The maximum absolute atomic E-state index is 2.45. The van der Waals surface area contributed by atoms with Gasteiger partial charge in [0.25, 0.3) is 0 Å². The van der Waals surface area contributed by atoms with Crippen LogP contribution in [0.15, 0.2) is 53.6 Å². The van der Waals surface area contributed by atoms with Crippen LogP contribution in [0.25, 0.3) is 6.08 Å². The molecule has 1 fully saturated rings. The normalized spacial score (nSPS) is 27.6. The molecule has 1 aromatic carbocycles. The molecule has 0 aromatic heterocycles. The van der Waals surface area contributed by atoms with Crippen molar-refractivity contribution in [2.24, 2.45) is 5.92 Å². The van der Waals surface area contributed by atoms with Crippen LogP contribution < -0.4 is 24.8 Å². The fourth-order valence-corrected chi connectivity index (χ4v) is 9.03. The Kier molecular flexibility index (Phi) is 6.34. The topological polar surface area (TPSA) is 0 Å². The molecule has 0 nitrogen and oxygen atoms in total. The second-order valence-electron chi connectivity index (χ2n) is 6.27. The van der Waals surface area contributed by atoms with E-state index < -0.39 is 23.2 Å². The molecule has 3 heteroatoms. The maximum Gasteiger partial charge on any atom is -1.00 e. The first-order valence-electron chi connectivity index (χ1n) is 7.73. The number of rotatable bonds is 2. The Hall–Kier alpha value is -0.0969. The minimum absolute atomic E-state index is 0. The van der Waals surface area contributed by atoms with Gasteiger partial charge in [-0.25, -0.2) is 0 Å². The average Bonchev–Trinajstić information content (AvgIpc) is 3.02. The molecule has 0 radical (unpaired) electrons. The van der Waals surface area contributed by atoms with E-state index >= 15 is 0 Å². The van der Waals surface area contributed by atoms with Crippen molar-refractivity contribution in [3.05, 3.63) is 64.8 Å². The minimum atomic E-state index is -0.451. The van der Waals surface area contributed by atoms with Crippen molar-refractivity contribution in [1.29, 1.82) is 0 Å². The molecule has 3 aliphatic rings. The molecule has 0 saturated heterocycles. The Balaban J connectivity index is 0.000000882. The van der Waals surface area contributed by atoms with Crippen LogP contribution >= 0.6 is 0 Å². The van der Waals surface area contributed by atoms with Gasteiger partial charge in [-0.3, -0.25) is 0 Å². The van der Waals surface area contributed by atoms with Crippen LogP contribution in [0.3, 0.4) is 0 Å². The van der Waals surface area contributed by atoms with E-state index in [1.165, 1.54) is 24.8 Å². The fraction of sp³-hybridized carbons (Fsp3) is 0.368. The van der Waals surface area contributed by atoms with Crippen molar-refractivity contribution in [2.45, 2.75) is 33.4 Å². The van der Waals surface area contributed by atoms with Gasteiger partial charge in [-0.15, -0.1) is 0 Å². The summed E-state index contributed by atoms with van der Waals surface area (Å²) < 4.78 is 1.80. The molecule has 22 heavy (non-hydrogen) atoms. The van der Waals surface area contributed by atoms with Crippen molar-refractivity contribution in [3.8, 4) is 0 Å². The summed E-state index contributed by atoms with van der Waals surface area (Å²) in [6.07, 6.45) is 13.8. The summed E-state index contributed by atoms with van der Waals surface area (Å²) >= 11 is -0.451. The number of hydrogen-bond donors (Lipinski definition) is 0. The van der Waals surface area contributed by atoms with Crippen LogP contribution in [0.1, 0.15) is 40.9 Å². The van der Waals surface area contributed by atoms with Crippen molar-refractivity contribution in [1.82, 2.24) is 0 Å². The van der Waals surface area contributed by atoms with Crippen molar-refractivity contribution < 1.29 is 48.0 Å². The van der Waals surface area contributed by atoms with E-state index in [4.69, 9.17) is 0 Å². The first-order chi connectivity index (χ1) is 9.83. The van der Waals surface area contributed by atoms with Crippen LogP contribution in [0, 0.1) is 5.92 Å². The summed E-state index contributed by atoms with van der Waals surface area (Å²) in [4.78, 5) is 0. The van der Waals surface area contributed by atoms with Gasteiger partial charge in [0.05, 0.1) is 0 Å². The third-order valence-electron chi connectivity index (χ3n) is 5.04. The van der Waals surface area contributed by atoms with Gasteiger partial charge < -0.3 is 24.8 Å². The van der Waals surface area contributed by atoms with E-state index in [1.807, 2.05) is 5.57 Å². The molecular formula is C19H20Cl2Zr. The molecule has 0 amide bonds. The van der Waals surface area contributed by atoms with E-state index in [0.29, 0.717) is 0 Å². The Morgan fingerprint density at radius 1 is 1.09 bits per heavy atom. The van der Waals surface area contributed by atoms with Gasteiger partial charge in [0.1, 0.15) is 0 Å². The molecule has 0 N–H and O–H groups in total. The Morgan fingerprint density at radius 3 is 2.77 bits per heavy atom. The third-order valence-corrected chi connectivity index (χ3v) is 10.3. The van der Waals surface area contributed by atoms with Crippen LogP contribution in [0.5, 0.6) is 0 Å². The van der Waals surface area contributed by atoms with Gasteiger partial charge in [-0.2, -0.15) is 0 Å². The van der Waals surface area contributed by atoms with Crippen molar-refractivity contribution in [3.63, 3.8) is 0 Å². The van der Waals surface area contributed by atoms with Gasteiger partial charge >= 0.3 is 133 Å². The molecule has 1 aromatic rings. The van der Waals surface area contributed by atoms with Gasteiger partial charge in [0, 0.05) is 0 Å². The molecule has 3 aliphatic carbocycles. The number of benzene rings is 1. The SMILES string of the molecule is CC1=Cc2ccccc2[CH]1[Zr+2][CH]1CCC2CC=CC=C21.[Cl-].[Cl-]. The van der Waals surface area contributed by atoms with Crippen LogP contribution in [0.2, 0.25) is 3.63 Å².